The van der Waals surface area contributed by atoms with Gasteiger partial charge in [0.2, 0.25) is 0 Å². The Morgan fingerprint density at radius 3 is 2.71 bits per heavy atom. The molecule has 1 aromatic rings. The van der Waals surface area contributed by atoms with Crippen molar-refractivity contribution in [2.24, 2.45) is 5.84 Å². The number of nitrogen functional groups attached to an aromatic ring is 1. The molecule has 3 N–H and O–H groups in total. The first-order valence-electron chi connectivity index (χ1n) is 5.66. The molecule has 0 aliphatic heterocycles. The maximum atomic E-state index is 5.38. The number of rotatable bonds is 6. The van der Waals surface area contributed by atoms with Gasteiger partial charge in [-0.25, -0.2) is 15.8 Å². The summed E-state index contributed by atoms with van der Waals surface area (Å²) >= 11 is 0. The van der Waals surface area contributed by atoms with Gasteiger partial charge >= 0.3 is 0 Å². The number of nitrogens with two attached hydrogens (primary N) is 1. The lowest BCUT2D eigenvalue weighted by Crippen LogP contribution is -2.34. The molecular formula is C11H21N5O. The van der Waals surface area contributed by atoms with E-state index in [9.17, 15) is 0 Å². The van der Waals surface area contributed by atoms with Gasteiger partial charge in [0.15, 0.2) is 0 Å². The molecule has 0 saturated carbocycles. The Hall–Kier alpha value is -1.40. The maximum Gasteiger partial charge on any atom is 0.145 e. The summed E-state index contributed by atoms with van der Waals surface area (Å²) in [5.74, 6) is 7.55. The lowest BCUT2D eigenvalue weighted by atomic mass is 10.3. The third-order valence-electron chi connectivity index (χ3n) is 2.43. The number of methoxy groups -OCH3 is 1. The van der Waals surface area contributed by atoms with Gasteiger partial charge in [-0.2, -0.15) is 0 Å². The van der Waals surface area contributed by atoms with Crippen LogP contribution >= 0.6 is 0 Å². The molecule has 0 bridgehead atoms. The summed E-state index contributed by atoms with van der Waals surface area (Å²) in [5.41, 5.74) is 2.55. The fourth-order valence-electron chi connectivity index (χ4n) is 1.60. The maximum absolute atomic E-state index is 5.38. The number of aromatic nitrogens is 2. The number of aryl methyl sites for hydroxylation is 1. The third-order valence-corrected chi connectivity index (χ3v) is 2.43. The molecule has 17 heavy (non-hydrogen) atoms. The molecule has 6 nitrogen and oxygen atoms in total. The normalized spacial score (nSPS) is 10.7. The summed E-state index contributed by atoms with van der Waals surface area (Å²) in [6, 6.07) is 2.17. The average molecular weight is 239 g/mol. The van der Waals surface area contributed by atoms with E-state index in [-0.39, 0.29) is 0 Å². The molecule has 6 heteroatoms. The van der Waals surface area contributed by atoms with Crippen LogP contribution in [0.1, 0.15) is 19.7 Å². The Morgan fingerprint density at radius 1 is 1.47 bits per heavy atom. The van der Waals surface area contributed by atoms with Crippen molar-refractivity contribution >= 4 is 11.6 Å². The van der Waals surface area contributed by atoms with E-state index in [2.05, 4.69) is 34.1 Å². The van der Waals surface area contributed by atoms with Gasteiger partial charge in [-0.05, 0) is 20.8 Å². The van der Waals surface area contributed by atoms with Gasteiger partial charge in [0, 0.05) is 25.8 Å². The fraction of sp³-hybridized carbons (Fsp3) is 0.636. The molecule has 0 aliphatic rings. The van der Waals surface area contributed by atoms with Crippen LogP contribution in [0.3, 0.4) is 0 Å². The van der Waals surface area contributed by atoms with Crippen molar-refractivity contribution < 1.29 is 4.74 Å². The van der Waals surface area contributed by atoms with Gasteiger partial charge in [-0.1, -0.05) is 0 Å². The minimum absolute atomic E-state index is 0.338. The molecule has 0 fully saturated rings. The average Bonchev–Trinajstić information content (AvgIpc) is 2.28. The second-order valence-corrected chi connectivity index (χ2v) is 4.08. The highest BCUT2D eigenvalue weighted by atomic mass is 16.5. The van der Waals surface area contributed by atoms with E-state index in [0.717, 1.165) is 12.4 Å². The highest BCUT2D eigenvalue weighted by molar-refractivity contribution is 5.49. The molecule has 0 aliphatic carbocycles. The predicted octanol–water partition coefficient (Wildman–Crippen LogP) is 0.932. The van der Waals surface area contributed by atoms with E-state index in [1.165, 1.54) is 0 Å². The summed E-state index contributed by atoms with van der Waals surface area (Å²) < 4.78 is 5.11. The quantitative estimate of drug-likeness (QED) is 0.568. The van der Waals surface area contributed by atoms with Crippen LogP contribution in [0.5, 0.6) is 0 Å². The molecule has 0 spiro atoms. The molecule has 1 aromatic heterocycles. The number of nitrogens with zero attached hydrogens (tertiary/aromatic N) is 3. The molecular weight excluding hydrogens is 218 g/mol. The summed E-state index contributed by atoms with van der Waals surface area (Å²) in [5, 5.41) is 0. The van der Waals surface area contributed by atoms with Gasteiger partial charge < -0.3 is 15.1 Å². The van der Waals surface area contributed by atoms with Gasteiger partial charge in [0.05, 0.1) is 6.61 Å². The SMILES string of the molecule is COCCN(c1cc(NN)nc(C)n1)C(C)C. The van der Waals surface area contributed by atoms with Gasteiger partial charge in [-0.3, -0.25) is 0 Å². The largest absolute Gasteiger partial charge is 0.383 e. The third kappa shape index (κ3) is 3.83. The van der Waals surface area contributed by atoms with Gasteiger partial charge in [-0.15, -0.1) is 0 Å². The van der Waals surface area contributed by atoms with Crippen molar-refractivity contribution in [3.05, 3.63) is 11.9 Å². The molecule has 0 atom stereocenters. The molecule has 0 amide bonds. The van der Waals surface area contributed by atoms with Crippen molar-refractivity contribution in [1.29, 1.82) is 0 Å². The second kappa shape index (κ2) is 6.36. The highest BCUT2D eigenvalue weighted by Crippen LogP contribution is 2.17. The number of hydrogen-bond acceptors (Lipinski definition) is 6. The number of hydrazine groups is 1. The van der Waals surface area contributed by atoms with E-state index in [4.69, 9.17) is 10.6 Å². The Morgan fingerprint density at radius 2 is 2.18 bits per heavy atom. The van der Waals surface area contributed by atoms with Crippen LogP contribution in [-0.4, -0.2) is 36.3 Å². The number of ether oxygens (including phenoxy) is 1. The Balaban J connectivity index is 2.96. The van der Waals surface area contributed by atoms with E-state index in [0.29, 0.717) is 24.3 Å². The van der Waals surface area contributed by atoms with Crippen molar-refractivity contribution in [3.63, 3.8) is 0 Å². The van der Waals surface area contributed by atoms with Crippen molar-refractivity contribution in [2.45, 2.75) is 26.8 Å². The lowest BCUT2D eigenvalue weighted by molar-refractivity contribution is 0.203. The van der Waals surface area contributed by atoms with Crippen LogP contribution < -0.4 is 16.2 Å². The predicted molar refractivity (Wildman–Crippen MR) is 68.9 cm³/mol. The molecule has 0 aromatic carbocycles. The molecule has 96 valence electrons. The van der Waals surface area contributed by atoms with Crippen LogP contribution in [0.25, 0.3) is 0 Å². The Labute approximate surface area is 102 Å². The molecule has 0 radical (unpaired) electrons. The van der Waals surface area contributed by atoms with Crippen molar-refractivity contribution in [2.75, 3.05) is 30.6 Å². The molecule has 1 rings (SSSR count). The summed E-state index contributed by atoms with van der Waals surface area (Å²) in [4.78, 5) is 10.7. The van der Waals surface area contributed by atoms with Crippen LogP contribution in [0.15, 0.2) is 6.07 Å². The van der Waals surface area contributed by atoms with E-state index in [1.807, 2.05) is 13.0 Å². The second-order valence-electron chi connectivity index (χ2n) is 4.08. The minimum Gasteiger partial charge on any atom is -0.383 e. The first kappa shape index (κ1) is 13.7. The molecule has 0 unspecified atom stereocenters. The summed E-state index contributed by atoms with van der Waals surface area (Å²) in [6.07, 6.45) is 0. The van der Waals surface area contributed by atoms with Crippen molar-refractivity contribution in [3.8, 4) is 0 Å². The van der Waals surface area contributed by atoms with Gasteiger partial charge in [0.1, 0.15) is 17.5 Å². The van der Waals surface area contributed by atoms with Gasteiger partial charge in [0.25, 0.3) is 0 Å². The summed E-state index contributed by atoms with van der Waals surface area (Å²) in [6.45, 7) is 7.52. The van der Waals surface area contributed by atoms with E-state index < -0.39 is 0 Å². The number of nitrogens with one attached hydrogen (secondary N) is 1. The number of anilines is 2. The lowest BCUT2D eigenvalue weighted by Gasteiger charge is -2.27. The van der Waals surface area contributed by atoms with E-state index in [1.54, 1.807) is 7.11 Å². The molecule has 1 heterocycles. The first-order valence-corrected chi connectivity index (χ1v) is 5.66. The fourth-order valence-corrected chi connectivity index (χ4v) is 1.60. The number of hydrogen-bond donors (Lipinski definition) is 2. The van der Waals surface area contributed by atoms with Crippen LogP contribution in [0.4, 0.5) is 11.6 Å². The zero-order chi connectivity index (χ0) is 12.8. The van der Waals surface area contributed by atoms with Crippen LogP contribution in [-0.2, 0) is 4.74 Å². The minimum atomic E-state index is 0.338. The molecule has 0 saturated heterocycles. The Kier molecular flexibility index (Phi) is 5.11. The van der Waals surface area contributed by atoms with Crippen LogP contribution in [0.2, 0.25) is 0 Å². The van der Waals surface area contributed by atoms with Crippen molar-refractivity contribution in [1.82, 2.24) is 9.97 Å². The topological polar surface area (TPSA) is 76.3 Å². The first-order chi connectivity index (χ1) is 8.08. The van der Waals surface area contributed by atoms with Crippen LogP contribution in [0, 0.1) is 6.92 Å². The highest BCUT2D eigenvalue weighted by Gasteiger charge is 2.13. The Bertz CT molecular complexity index is 356. The zero-order valence-corrected chi connectivity index (χ0v) is 10.9. The standard InChI is InChI=1S/C11H21N5O/c1-8(2)16(5-6-17-4)11-7-10(15-12)13-9(3)14-11/h7-8H,5-6,12H2,1-4H3,(H,13,14,15). The van der Waals surface area contributed by atoms with E-state index >= 15 is 0 Å². The smallest absolute Gasteiger partial charge is 0.145 e. The zero-order valence-electron chi connectivity index (χ0n) is 10.9. The monoisotopic (exact) mass is 239 g/mol. The summed E-state index contributed by atoms with van der Waals surface area (Å²) in [7, 11) is 1.69.